The summed E-state index contributed by atoms with van der Waals surface area (Å²) in [6.07, 6.45) is 2.61. The summed E-state index contributed by atoms with van der Waals surface area (Å²) in [5, 5.41) is 30.3. The van der Waals surface area contributed by atoms with E-state index in [0.717, 1.165) is 25.1 Å². The smallest absolute Gasteiger partial charge is 0.279 e. The highest BCUT2D eigenvalue weighted by molar-refractivity contribution is 5.92. The molecule has 0 bridgehead atoms. The lowest BCUT2D eigenvalue weighted by Crippen LogP contribution is -2.23. The first kappa shape index (κ1) is 14.7. The zero-order valence-corrected chi connectivity index (χ0v) is 12.0. The number of nitro groups is 1. The molecule has 116 valence electrons. The van der Waals surface area contributed by atoms with Crippen LogP contribution in [0, 0.1) is 10.1 Å². The highest BCUT2D eigenvalue weighted by Gasteiger charge is 2.25. The van der Waals surface area contributed by atoms with Crippen molar-refractivity contribution in [2.24, 2.45) is 0 Å². The molecule has 0 spiro atoms. The van der Waals surface area contributed by atoms with Crippen molar-refractivity contribution in [1.29, 1.82) is 0 Å². The summed E-state index contributed by atoms with van der Waals surface area (Å²) in [6.45, 7) is 2.46. The molecule has 22 heavy (non-hydrogen) atoms. The van der Waals surface area contributed by atoms with E-state index >= 15 is 0 Å². The fraction of sp³-hybridized carbons (Fsp3) is 0.400. The van der Waals surface area contributed by atoms with Crippen LogP contribution in [0.2, 0.25) is 0 Å². The molecule has 2 N–H and O–H groups in total. The second-order valence-electron chi connectivity index (χ2n) is 5.54. The molecule has 0 saturated carbocycles. The Kier molecular flexibility index (Phi) is 3.91. The summed E-state index contributed by atoms with van der Waals surface area (Å²) >= 11 is 0. The molecule has 0 amide bonds. The Hall–Kier alpha value is -2.25. The maximum atomic E-state index is 11.2. The van der Waals surface area contributed by atoms with E-state index in [2.05, 4.69) is 9.88 Å². The van der Waals surface area contributed by atoms with Crippen molar-refractivity contribution in [3.8, 4) is 5.75 Å². The minimum atomic E-state index is -0.458. The average molecular weight is 303 g/mol. The molecule has 1 fully saturated rings. The van der Waals surface area contributed by atoms with Gasteiger partial charge in [-0.2, -0.15) is 0 Å². The average Bonchev–Trinajstić information content (AvgIpc) is 2.96. The van der Waals surface area contributed by atoms with E-state index in [1.54, 1.807) is 12.3 Å². The largest absolute Gasteiger partial charge is 0.506 e. The van der Waals surface area contributed by atoms with Crippen LogP contribution < -0.4 is 0 Å². The van der Waals surface area contributed by atoms with E-state index < -0.39 is 4.92 Å². The summed E-state index contributed by atoms with van der Waals surface area (Å²) in [7, 11) is 0. The number of benzene rings is 1. The number of aromatic nitrogens is 1. The summed E-state index contributed by atoms with van der Waals surface area (Å²) in [6, 6.07) is 4.36. The number of fused-ring (bicyclic) bond motifs is 1. The predicted molar refractivity (Wildman–Crippen MR) is 80.9 cm³/mol. The monoisotopic (exact) mass is 303 g/mol. The van der Waals surface area contributed by atoms with Crippen molar-refractivity contribution in [2.45, 2.75) is 12.3 Å². The van der Waals surface area contributed by atoms with E-state index in [1.165, 1.54) is 12.1 Å². The lowest BCUT2D eigenvalue weighted by molar-refractivity contribution is -0.383. The van der Waals surface area contributed by atoms with Crippen LogP contribution >= 0.6 is 0 Å². The molecule has 1 aromatic carbocycles. The van der Waals surface area contributed by atoms with Gasteiger partial charge >= 0.3 is 0 Å². The number of non-ortho nitro benzene ring substituents is 1. The number of aromatic hydroxyl groups is 1. The number of rotatable bonds is 4. The number of β-amino-alcohol motifs (C(OH)–C–C–N with tert-alkyl or cyclic N) is 1. The molecule has 1 aliphatic rings. The predicted octanol–water partition coefficient (Wildman–Crippen LogP) is 1.63. The molecule has 0 aliphatic carbocycles. The van der Waals surface area contributed by atoms with E-state index in [9.17, 15) is 15.2 Å². The van der Waals surface area contributed by atoms with Gasteiger partial charge in [0.05, 0.1) is 16.9 Å². The number of aliphatic hydroxyl groups is 1. The van der Waals surface area contributed by atoms with Gasteiger partial charge in [-0.05, 0) is 36.6 Å². The van der Waals surface area contributed by atoms with Gasteiger partial charge < -0.3 is 15.1 Å². The summed E-state index contributed by atoms with van der Waals surface area (Å²) in [5.74, 6) is 0.186. The van der Waals surface area contributed by atoms with Gasteiger partial charge in [0.2, 0.25) is 0 Å². The maximum absolute atomic E-state index is 11.2. The summed E-state index contributed by atoms with van der Waals surface area (Å²) in [5.41, 5.74) is 1.14. The van der Waals surface area contributed by atoms with Gasteiger partial charge in [-0.15, -0.1) is 0 Å². The quantitative estimate of drug-likeness (QED) is 0.658. The molecule has 7 nitrogen and oxygen atoms in total. The number of phenolic OH excluding ortho intramolecular Hbond substituents is 1. The van der Waals surface area contributed by atoms with Crippen LogP contribution in [-0.4, -0.2) is 51.3 Å². The van der Waals surface area contributed by atoms with E-state index in [1.807, 2.05) is 0 Å². The first-order valence-corrected chi connectivity index (χ1v) is 7.19. The van der Waals surface area contributed by atoms with Gasteiger partial charge in [0.1, 0.15) is 11.3 Å². The van der Waals surface area contributed by atoms with Crippen LogP contribution in [0.4, 0.5) is 5.69 Å². The van der Waals surface area contributed by atoms with Crippen molar-refractivity contribution < 1.29 is 15.1 Å². The second kappa shape index (κ2) is 5.86. The number of aliphatic hydroxyl groups excluding tert-OH is 1. The Morgan fingerprint density at radius 2 is 2.27 bits per heavy atom. The third-order valence-corrected chi connectivity index (χ3v) is 4.18. The fourth-order valence-corrected chi connectivity index (χ4v) is 3.04. The third kappa shape index (κ3) is 2.60. The number of pyridine rings is 1. The van der Waals surface area contributed by atoms with Crippen molar-refractivity contribution in [3.05, 3.63) is 40.1 Å². The molecule has 1 aromatic heterocycles. The van der Waals surface area contributed by atoms with Crippen molar-refractivity contribution in [2.75, 3.05) is 26.2 Å². The molecule has 1 unspecified atom stereocenters. The van der Waals surface area contributed by atoms with E-state index in [0.29, 0.717) is 11.9 Å². The summed E-state index contributed by atoms with van der Waals surface area (Å²) in [4.78, 5) is 17.1. The van der Waals surface area contributed by atoms with Crippen molar-refractivity contribution in [1.82, 2.24) is 9.88 Å². The van der Waals surface area contributed by atoms with Crippen LogP contribution in [-0.2, 0) is 0 Å². The fourth-order valence-electron chi connectivity index (χ4n) is 3.04. The Balaban J connectivity index is 1.99. The van der Waals surface area contributed by atoms with Crippen LogP contribution in [0.25, 0.3) is 10.9 Å². The third-order valence-electron chi connectivity index (χ3n) is 4.18. The Morgan fingerprint density at radius 1 is 1.45 bits per heavy atom. The zero-order chi connectivity index (χ0) is 15.7. The molecule has 1 atom stereocenters. The van der Waals surface area contributed by atoms with Crippen LogP contribution in [0.3, 0.4) is 0 Å². The Labute approximate surface area is 127 Å². The lowest BCUT2D eigenvalue weighted by atomic mass is 9.98. The molecule has 3 rings (SSSR count). The van der Waals surface area contributed by atoms with Crippen LogP contribution in [0.1, 0.15) is 17.9 Å². The first-order valence-electron chi connectivity index (χ1n) is 7.19. The zero-order valence-electron chi connectivity index (χ0n) is 12.0. The standard InChI is InChI=1S/C15H17N3O4/c19-6-5-17-4-3-10(9-17)11-7-12-13(18(21)22)1-2-14(20)15(12)16-8-11/h1-2,7-8,10,19-20H,3-6,9H2. The Bertz CT molecular complexity index is 719. The number of likely N-dealkylation sites (tertiary alicyclic amines) is 1. The second-order valence-corrected chi connectivity index (χ2v) is 5.54. The van der Waals surface area contributed by atoms with Gasteiger partial charge in [0.15, 0.2) is 0 Å². The number of hydrogen-bond donors (Lipinski definition) is 2. The molecule has 0 radical (unpaired) electrons. The molecule has 1 saturated heterocycles. The Morgan fingerprint density at radius 3 is 3.00 bits per heavy atom. The van der Waals surface area contributed by atoms with E-state index in [-0.39, 0.29) is 29.5 Å². The molecular weight excluding hydrogens is 286 g/mol. The van der Waals surface area contributed by atoms with Gasteiger partial charge in [-0.3, -0.25) is 15.1 Å². The number of nitrogens with zero attached hydrogens (tertiary/aromatic N) is 3. The van der Waals surface area contributed by atoms with E-state index in [4.69, 9.17) is 5.11 Å². The van der Waals surface area contributed by atoms with Crippen molar-refractivity contribution in [3.63, 3.8) is 0 Å². The molecular formula is C15H17N3O4. The minimum absolute atomic E-state index is 0.0487. The summed E-state index contributed by atoms with van der Waals surface area (Å²) < 4.78 is 0. The number of hydrogen-bond acceptors (Lipinski definition) is 6. The highest BCUT2D eigenvalue weighted by Crippen LogP contribution is 2.34. The normalized spacial score (nSPS) is 18.9. The van der Waals surface area contributed by atoms with Gasteiger partial charge in [0, 0.05) is 25.4 Å². The first-order chi connectivity index (χ1) is 10.6. The van der Waals surface area contributed by atoms with Crippen LogP contribution in [0.5, 0.6) is 5.75 Å². The molecule has 2 heterocycles. The van der Waals surface area contributed by atoms with Gasteiger partial charge in [-0.1, -0.05) is 0 Å². The lowest BCUT2D eigenvalue weighted by Gasteiger charge is -2.14. The van der Waals surface area contributed by atoms with Gasteiger partial charge in [-0.25, -0.2) is 0 Å². The van der Waals surface area contributed by atoms with Gasteiger partial charge in [0.25, 0.3) is 5.69 Å². The van der Waals surface area contributed by atoms with Crippen molar-refractivity contribution >= 4 is 16.6 Å². The highest BCUT2D eigenvalue weighted by atomic mass is 16.6. The molecule has 7 heteroatoms. The minimum Gasteiger partial charge on any atom is -0.506 e. The number of nitro benzene ring substituents is 1. The van der Waals surface area contributed by atoms with Crippen LogP contribution in [0.15, 0.2) is 24.4 Å². The topological polar surface area (TPSA) is 99.7 Å². The molecule has 1 aliphatic heterocycles. The molecule has 2 aromatic rings. The number of phenols is 1. The SMILES string of the molecule is O=[N+]([O-])c1ccc(O)c2ncc(C3CCN(CCO)C3)cc12. The maximum Gasteiger partial charge on any atom is 0.279 e.